The largest absolute Gasteiger partial charge is 0.459 e. The monoisotopic (exact) mass is 578 g/mol. The summed E-state index contributed by atoms with van der Waals surface area (Å²) in [7, 11) is 0. The second-order valence-corrected chi connectivity index (χ2v) is 11.0. The number of halogens is 2. The summed E-state index contributed by atoms with van der Waals surface area (Å²) in [6.07, 6.45) is 12.9. The predicted molar refractivity (Wildman–Crippen MR) is 164 cm³/mol. The number of carbonyl (C=O) groups is 2. The van der Waals surface area contributed by atoms with Gasteiger partial charge in [-0.25, -0.2) is 18.4 Å². The molecule has 0 saturated heterocycles. The number of carbonyl (C=O) groups excluding carboxylic acids is 2. The molecule has 0 heterocycles. The first kappa shape index (κ1) is 33.0. The van der Waals surface area contributed by atoms with Crippen LogP contribution in [-0.4, -0.2) is 18.0 Å². The summed E-state index contributed by atoms with van der Waals surface area (Å²) in [5.41, 5.74) is 2.73. The highest BCUT2D eigenvalue weighted by atomic mass is 19.1. The number of hydrogen-bond donors (Lipinski definition) is 0. The molecule has 0 radical (unpaired) electrons. The Morgan fingerprint density at radius 2 is 1.21 bits per heavy atom. The number of esters is 2. The Labute approximate surface area is 249 Å². The van der Waals surface area contributed by atoms with Gasteiger partial charge < -0.3 is 9.47 Å². The van der Waals surface area contributed by atoms with Crippen molar-refractivity contribution in [3.05, 3.63) is 89.0 Å². The average Bonchev–Trinajstić information content (AvgIpc) is 2.97. The molecule has 3 aromatic rings. The molecule has 0 spiro atoms. The van der Waals surface area contributed by atoms with Gasteiger partial charge in [-0.1, -0.05) is 102 Å². The molecule has 1 atom stereocenters. The van der Waals surface area contributed by atoms with E-state index in [1.165, 1.54) is 44.1 Å². The topological polar surface area (TPSA) is 52.6 Å². The van der Waals surface area contributed by atoms with Gasteiger partial charge in [-0.05, 0) is 61.4 Å². The fourth-order valence-corrected chi connectivity index (χ4v) is 4.90. The van der Waals surface area contributed by atoms with Crippen LogP contribution in [0.2, 0.25) is 0 Å². The minimum absolute atomic E-state index is 0.236. The molecule has 0 bridgehead atoms. The van der Waals surface area contributed by atoms with Gasteiger partial charge in [-0.3, -0.25) is 0 Å². The Bertz CT molecular complexity index is 1250. The molecule has 226 valence electrons. The van der Waals surface area contributed by atoms with Gasteiger partial charge in [0.1, 0.15) is 22.9 Å². The molecule has 1 unspecified atom stereocenters. The quantitative estimate of drug-likeness (QED) is 0.0908. The van der Waals surface area contributed by atoms with Crippen LogP contribution < -0.4 is 4.74 Å². The number of unbranched alkanes of at least 4 members (excludes halogenated alkanes) is 8. The molecule has 0 N–H and O–H groups in total. The van der Waals surface area contributed by atoms with E-state index in [0.717, 1.165) is 55.4 Å². The second kappa shape index (κ2) is 17.4. The van der Waals surface area contributed by atoms with Gasteiger partial charge in [0.2, 0.25) is 0 Å². The molecule has 0 saturated carbocycles. The number of aryl methyl sites for hydroxylation is 1. The Balaban J connectivity index is 1.54. The average molecular weight is 579 g/mol. The van der Waals surface area contributed by atoms with Crippen molar-refractivity contribution in [2.75, 3.05) is 0 Å². The Morgan fingerprint density at radius 3 is 1.81 bits per heavy atom. The molecule has 42 heavy (non-hydrogen) atoms. The first-order valence-electron chi connectivity index (χ1n) is 15.4. The third-order valence-electron chi connectivity index (χ3n) is 7.43. The smallest absolute Gasteiger partial charge is 0.344 e. The highest BCUT2D eigenvalue weighted by Gasteiger charge is 2.23. The number of hydrogen-bond acceptors (Lipinski definition) is 4. The third kappa shape index (κ3) is 10.4. The number of ether oxygens (including phenoxy) is 2. The van der Waals surface area contributed by atoms with Gasteiger partial charge in [0.05, 0.1) is 11.7 Å². The van der Waals surface area contributed by atoms with Crippen molar-refractivity contribution in [3.63, 3.8) is 0 Å². The van der Waals surface area contributed by atoms with E-state index in [1.54, 1.807) is 19.1 Å². The molecule has 3 aromatic carbocycles. The summed E-state index contributed by atoms with van der Waals surface area (Å²) in [6.45, 7) is 6.03. The zero-order chi connectivity index (χ0) is 30.3. The number of benzene rings is 3. The standard InChI is InChI=1S/C36H44F2O4/c1-4-6-8-10-11-13-15-27-16-18-28(19-17-27)29-20-22-30(23-21-29)35(39)42-31-24-32(37)34(33(38)25-31)36(40)41-26(3)14-12-9-7-5-2/h16-26H,4-15H2,1-3H3. The van der Waals surface area contributed by atoms with E-state index in [-0.39, 0.29) is 11.3 Å². The fraction of sp³-hybridized carbons (Fsp3) is 0.444. The van der Waals surface area contributed by atoms with Crippen molar-refractivity contribution in [2.45, 2.75) is 104 Å². The van der Waals surface area contributed by atoms with Crippen molar-refractivity contribution in [3.8, 4) is 16.9 Å². The summed E-state index contributed by atoms with van der Waals surface area (Å²) in [6, 6.07) is 16.9. The highest BCUT2D eigenvalue weighted by Crippen LogP contribution is 2.25. The molecule has 3 rings (SSSR count). The molecule has 4 nitrogen and oxygen atoms in total. The zero-order valence-corrected chi connectivity index (χ0v) is 25.2. The second-order valence-electron chi connectivity index (χ2n) is 11.0. The van der Waals surface area contributed by atoms with Crippen molar-refractivity contribution < 1.29 is 27.8 Å². The highest BCUT2D eigenvalue weighted by molar-refractivity contribution is 5.92. The molecule has 0 amide bonds. The molecular formula is C36H44F2O4. The third-order valence-corrected chi connectivity index (χ3v) is 7.43. The maximum absolute atomic E-state index is 14.7. The van der Waals surface area contributed by atoms with E-state index in [9.17, 15) is 18.4 Å². The summed E-state index contributed by atoms with van der Waals surface area (Å²) in [5, 5.41) is 0. The number of rotatable bonds is 17. The summed E-state index contributed by atoms with van der Waals surface area (Å²) < 4.78 is 39.8. The fourth-order valence-electron chi connectivity index (χ4n) is 4.90. The van der Waals surface area contributed by atoms with Gasteiger partial charge in [0, 0.05) is 12.1 Å². The van der Waals surface area contributed by atoms with Crippen LogP contribution >= 0.6 is 0 Å². The first-order valence-corrected chi connectivity index (χ1v) is 15.4. The molecule has 0 aliphatic heterocycles. The lowest BCUT2D eigenvalue weighted by atomic mass is 10.00. The zero-order valence-electron chi connectivity index (χ0n) is 25.2. The Kier molecular flexibility index (Phi) is 13.7. The Hall–Kier alpha value is -3.54. The van der Waals surface area contributed by atoms with E-state index in [1.807, 2.05) is 12.1 Å². The van der Waals surface area contributed by atoms with Crippen LogP contribution in [0.3, 0.4) is 0 Å². The van der Waals surface area contributed by atoms with Gasteiger partial charge >= 0.3 is 11.9 Å². The first-order chi connectivity index (χ1) is 20.3. The van der Waals surface area contributed by atoms with Crippen molar-refractivity contribution in [2.24, 2.45) is 0 Å². The molecule has 0 aromatic heterocycles. The summed E-state index contributed by atoms with van der Waals surface area (Å²) in [4.78, 5) is 25.1. The minimum atomic E-state index is -1.14. The lowest BCUT2D eigenvalue weighted by Gasteiger charge is -2.14. The van der Waals surface area contributed by atoms with E-state index in [0.29, 0.717) is 6.42 Å². The molecular weight excluding hydrogens is 534 g/mol. The summed E-state index contributed by atoms with van der Waals surface area (Å²) in [5.74, 6) is -4.45. The van der Waals surface area contributed by atoms with E-state index < -0.39 is 35.2 Å². The van der Waals surface area contributed by atoms with E-state index in [2.05, 4.69) is 38.1 Å². The molecule has 0 aliphatic rings. The van der Waals surface area contributed by atoms with Gasteiger partial charge in [-0.2, -0.15) is 0 Å². The van der Waals surface area contributed by atoms with Crippen molar-refractivity contribution in [1.82, 2.24) is 0 Å². The normalized spacial score (nSPS) is 11.7. The minimum Gasteiger partial charge on any atom is -0.459 e. The lowest BCUT2D eigenvalue weighted by Crippen LogP contribution is -2.18. The molecule has 0 fully saturated rings. The van der Waals surface area contributed by atoms with Crippen LogP contribution in [0.1, 0.15) is 118 Å². The van der Waals surface area contributed by atoms with Crippen LogP contribution in [0.4, 0.5) is 8.78 Å². The van der Waals surface area contributed by atoms with Gasteiger partial charge in [-0.15, -0.1) is 0 Å². The maximum Gasteiger partial charge on any atom is 0.344 e. The SMILES string of the molecule is CCCCCCCCc1ccc(-c2ccc(C(=O)Oc3cc(F)c(C(=O)OC(C)CCCCCC)c(F)c3)cc2)cc1. The van der Waals surface area contributed by atoms with E-state index >= 15 is 0 Å². The molecule has 6 heteroatoms. The lowest BCUT2D eigenvalue weighted by molar-refractivity contribution is 0.0308. The van der Waals surface area contributed by atoms with E-state index in [4.69, 9.17) is 9.47 Å². The van der Waals surface area contributed by atoms with Crippen LogP contribution in [0, 0.1) is 11.6 Å². The van der Waals surface area contributed by atoms with Gasteiger partial charge in [0.15, 0.2) is 0 Å². The van der Waals surface area contributed by atoms with Crippen molar-refractivity contribution >= 4 is 11.9 Å². The van der Waals surface area contributed by atoms with Crippen LogP contribution in [0.5, 0.6) is 5.75 Å². The molecule has 0 aliphatic carbocycles. The van der Waals surface area contributed by atoms with Gasteiger partial charge in [0.25, 0.3) is 0 Å². The predicted octanol–water partition coefficient (Wildman–Crippen LogP) is 10.3. The van der Waals surface area contributed by atoms with Crippen LogP contribution in [-0.2, 0) is 11.2 Å². The Morgan fingerprint density at radius 1 is 0.690 bits per heavy atom. The maximum atomic E-state index is 14.7. The summed E-state index contributed by atoms with van der Waals surface area (Å²) >= 11 is 0. The van der Waals surface area contributed by atoms with Crippen LogP contribution in [0.25, 0.3) is 11.1 Å². The van der Waals surface area contributed by atoms with Crippen molar-refractivity contribution in [1.29, 1.82) is 0 Å². The van der Waals surface area contributed by atoms with Crippen LogP contribution in [0.15, 0.2) is 60.7 Å².